The van der Waals surface area contributed by atoms with Crippen molar-refractivity contribution >= 4 is 17.1 Å². The molecule has 2 aromatic heterocycles. The van der Waals surface area contributed by atoms with Crippen LogP contribution >= 0.6 is 0 Å². The number of hydrogen-bond acceptors (Lipinski definition) is 6. The maximum absolute atomic E-state index is 13.4. The van der Waals surface area contributed by atoms with E-state index < -0.39 is 17.3 Å². The molecule has 1 aromatic carbocycles. The molecule has 0 radical (unpaired) electrons. The van der Waals surface area contributed by atoms with E-state index >= 15 is 0 Å². The Bertz CT molecular complexity index is 1240. The van der Waals surface area contributed by atoms with Crippen molar-refractivity contribution in [3.05, 3.63) is 74.8 Å². The van der Waals surface area contributed by atoms with Crippen molar-refractivity contribution in [2.45, 2.75) is 26.8 Å². The number of para-hydroxylation sites is 2. The van der Waals surface area contributed by atoms with Crippen LogP contribution in [-0.2, 0) is 0 Å². The van der Waals surface area contributed by atoms with Crippen LogP contribution in [0, 0.1) is 26.2 Å². The number of aromatic nitrogens is 3. The molecule has 3 rings (SSSR count). The SMILES string of the molecule is C#CC(C)n1c(C)c(N(N)c2ccccc2N)c(=O)n(-c2cncc(C)c2)c1=O. The minimum atomic E-state index is -0.604. The summed E-state index contributed by atoms with van der Waals surface area (Å²) in [6, 6.07) is 7.96. The van der Waals surface area contributed by atoms with Crippen LogP contribution in [0.2, 0.25) is 0 Å². The van der Waals surface area contributed by atoms with Crippen LogP contribution < -0.4 is 27.8 Å². The van der Waals surface area contributed by atoms with E-state index in [4.69, 9.17) is 18.0 Å². The highest BCUT2D eigenvalue weighted by atomic mass is 16.2. The first kappa shape index (κ1) is 19.9. The Labute approximate surface area is 168 Å². The predicted molar refractivity (Wildman–Crippen MR) is 114 cm³/mol. The molecular formula is C21H22N6O2. The van der Waals surface area contributed by atoms with Crippen molar-refractivity contribution in [2.24, 2.45) is 5.84 Å². The number of rotatable bonds is 4. The molecule has 2 heterocycles. The van der Waals surface area contributed by atoms with Crippen molar-refractivity contribution in [1.29, 1.82) is 0 Å². The van der Waals surface area contributed by atoms with Gasteiger partial charge in [0.2, 0.25) is 0 Å². The van der Waals surface area contributed by atoms with E-state index in [0.717, 1.165) is 10.1 Å². The fourth-order valence-corrected chi connectivity index (χ4v) is 3.24. The summed E-state index contributed by atoms with van der Waals surface area (Å²) in [5, 5.41) is 1.19. The third-order valence-electron chi connectivity index (χ3n) is 4.69. The molecule has 0 saturated heterocycles. The van der Waals surface area contributed by atoms with E-state index in [1.165, 1.54) is 15.8 Å². The molecule has 3 aromatic rings. The van der Waals surface area contributed by atoms with E-state index in [1.807, 2.05) is 6.92 Å². The van der Waals surface area contributed by atoms with Gasteiger partial charge in [0.05, 0.1) is 35.0 Å². The van der Waals surface area contributed by atoms with E-state index in [1.54, 1.807) is 50.4 Å². The van der Waals surface area contributed by atoms with Gasteiger partial charge in [-0.05, 0) is 44.5 Å². The molecule has 148 valence electrons. The van der Waals surface area contributed by atoms with E-state index in [0.29, 0.717) is 22.8 Å². The minimum Gasteiger partial charge on any atom is -0.397 e. The summed E-state index contributed by atoms with van der Waals surface area (Å²) in [4.78, 5) is 30.7. The van der Waals surface area contributed by atoms with Crippen LogP contribution in [0.25, 0.3) is 5.69 Å². The second-order valence-electron chi connectivity index (χ2n) is 6.72. The second-order valence-corrected chi connectivity index (χ2v) is 6.72. The topological polar surface area (TPSA) is 112 Å². The first-order chi connectivity index (χ1) is 13.8. The third-order valence-corrected chi connectivity index (χ3v) is 4.69. The average molecular weight is 390 g/mol. The van der Waals surface area contributed by atoms with Crippen LogP contribution in [0.15, 0.2) is 52.3 Å². The number of pyridine rings is 1. The number of hydrogen-bond donors (Lipinski definition) is 2. The molecule has 0 bridgehead atoms. The highest BCUT2D eigenvalue weighted by molar-refractivity contribution is 5.74. The number of nitrogens with two attached hydrogens (primary N) is 2. The molecule has 4 N–H and O–H groups in total. The molecule has 0 aliphatic rings. The number of anilines is 3. The van der Waals surface area contributed by atoms with Crippen LogP contribution in [0.4, 0.5) is 17.1 Å². The maximum atomic E-state index is 13.4. The van der Waals surface area contributed by atoms with Gasteiger partial charge < -0.3 is 5.73 Å². The maximum Gasteiger partial charge on any atom is 0.337 e. The van der Waals surface area contributed by atoms with Crippen molar-refractivity contribution in [2.75, 3.05) is 10.7 Å². The summed E-state index contributed by atoms with van der Waals surface area (Å²) < 4.78 is 2.38. The lowest BCUT2D eigenvalue weighted by Gasteiger charge is -2.25. The fraction of sp³-hybridized carbons (Fsp3) is 0.190. The monoisotopic (exact) mass is 390 g/mol. The molecule has 0 aliphatic heterocycles. The van der Waals surface area contributed by atoms with Crippen LogP contribution in [-0.4, -0.2) is 14.1 Å². The summed E-state index contributed by atoms with van der Waals surface area (Å²) in [6.07, 6.45) is 8.65. The number of aryl methyl sites for hydroxylation is 1. The number of benzene rings is 1. The molecule has 0 spiro atoms. The van der Waals surface area contributed by atoms with Gasteiger partial charge in [-0.1, -0.05) is 18.1 Å². The Hall–Kier alpha value is -3.83. The molecule has 1 unspecified atom stereocenters. The number of hydrazine groups is 1. The Kier molecular flexibility index (Phi) is 5.26. The Balaban J connectivity index is 2.42. The van der Waals surface area contributed by atoms with Crippen molar-refractivity contribution in [3.8, 4) is 18.0 Å². The molecule has 0 aliphatic carbocycles. The smallest absolute Gasteiger partial charge is 0.337 e. The highest BCUT2D eigenvalue weighted by Gasteiger charge is 2.24. The van der Waals surface area contributed by atoms with Crippen molar-refractivity contribution in [1.82, 2.24) is 14.1 Å². The molecule has 0 saturated carbocycles. The lowest BCUT2D eigenvalue weighted by atomic mass is 10.2. The van der Waals surface area contributed by atoms with Gasteiger partial charge >= 0.3 is 5.69 Å². The number of terminal acetylenes is 1. The van der Waals surface area contributed by atoms with Crippen LogP contribution in [0.1, 0.15) is 24.2 Å². The molecule has 1 atom stereocenters. The number of nitrogens with zero attached hydrogens (tertiary/aromatic N) is 4. The first-order valence-electron chi connectivity index (χ1n) is 8.93. The Morgan fingerprint density at radius 3 is 2.52 bits per heavy atom. The molecule has 0 amide bonds. The normalized spacial score (nSPS) is 11.7. The summed E-state index contributed by atoms with van der Waals surface area (Å²) in [7, 11) is 0. The van der Waals surface area contributed by atoms with Gasteiger partial charge in [0, 0.05) is 6.20 Å². The lowest BCUT2D eigenvalue weighted by molar-refractivity contribution is 0.587. The lowest BCUT2D eigenvalue weighted by Crippen LogP contribution is -2.45. The second kappa shape index (κ2) is 7.66. The van der Waals surface area contributed by atoms with Crippen LogP contribution in [0.3, 0.4) is 0 Å². The summed E-state index contributed by atoms with van der Waals surface area (Å²) in [5.41, 5.74) is 7.26. The first-order valence-corrected chi connectivity index (χ1v) is 8.93. The minimum absolute atomic E-state index is 0.0890. The van der Waals surface area contributed by atoms with Gasteiger partial charge in [-0.3, -0.25) is 19.4 Å². The largest absolute Gasteiger partial charge is 0.397 e. The number of nitrogen functional groups attached to an aromatic ring is 1. The van der Waals surface area contributed by atoms with E-state index in [-0.39, 0.29) is 5.69 Å². The standard InChI is InChI=1S/C21H22N6O2/c1-5-14(3)25-15(4)19(27(23)18-9-7-6-8-17(18)22)20(28)26(21(25)29)16-10-13(2)11-24-12-16/h1,6-12,14H,22-23H2,2-4H3. The zero-order chi connectivity index (χ0) is 21.3. The van der Waals surface area contributed by atoms with Crippen LogP contribution in [0.5, 0.6) is 0 Å². The quantitative estimate of drug-likeness (QED) is 0.304. The molecule has 8 heteroatoms. The van der Waals surface area contributed by atoms with Gasteiger partial charge in [0.15, 0.2) is 0 Å². The third kappa shape index (κ3) is 3.39. The zero-order valence-corrected chi connectivity index (χ0v) is 16.5. The van der Waals surface area contributed by atoms with Crippen molar-refractivity contribution in [3.63, 3.8) is 0 Å². The predicted octanol–water partition coefficient (Wildman–Crippen LogP) is 1.80. The summed E-state index contributed by atoms with van der Waals surface area (Å²) >= 11 is 0. The average Bonchev–Trinajstić information content (AvgIpc) is 2.68. The summed E-state index contributed by atoms with van der Waals surface area (Å²) in [5.74, 6) is 8.85. The molecule has 29 heavy (non-hydrogen) atoms. The highest BCUT2D eigenvalue weighted by Crippen LogP contribution is 2.27. The fourth-order valence-electron chi connectivity index (χ4n) is 3.24. The van der Waals surface area contributed by atoms with Gasteiger partial charge in [0.1, 0.15) is 5.69 Å². The molecular weight excluding hydrogens is 368 g/mol. The molecule has 0 fully saturated rings. The molecule has 8 nitrogen and oxygen atoms in total. The van der Waals surface area contributed by atoms with Crippen molar-refractivity contribution < 1.29 is 0 Å². The van der Waals surface area contributed by atoms with Gasteiger partial charge in [-0.2, -0.15) is 0 Å². The zero-order valence-electron chi connectivity index (χ0n) is 16.5. The van der Waals surface area contributed by atoms with Gasteiger partial charge in [-0.15, -0.1) is 6.42 Å². The van der Waals surface area contributed by atoms with E-state index in [2.05, 4.69) is 10.9 Å². The summed E-state index contributed by atoms with van der Waals surface area (Å²) in [6.45, 7) is 5.14. The van der Waals surface area contributed by atoms with Gasteiger partial charge in [0.25, 0.3) is 5.56 Å². The Morgan fingerprint density at radius 1 is 1.21 bits per heavy atom. The Morgan fingerprint density at radius 2 is 1.90 bits per heavy atom. The van der Waals surface area contributed by atoms with Gasteiger partial charge in [-0.25, -0.2) is 15.2 Å². The van der Waals surface area contributed by atoms with E-state index in [9.17, 15) is 9.59 Å².